The topological polar surface area (TPSA) is 93.5 Å². The molecule has 24 heavy (non-hydrogen) atoms. The largest absolute Gasteiger partial charge is 0.485 e. The number of nitrogens with two attached hydrogens (primary N) is 2. The molecule has 0 radical (unpaired) electrons. The second-order valence-electron chi connectivity index (χ2n) is 6.84. The van der Waals surface area contributed by atoms with Gasteiger partial charge in [0, 0.05) is 11.6 Å². The number of nitrogen functional groups attached to an aromatic ring is 2. The first-order valence-corrected chi connectivity index (χ1v) is 8.22. The quantitative estimate of drug-likeness (QED) is 0.646. The number of ether oxygens (including phenoxy) is 1. The van der Waals surface area contributed by atoms with Crippen LogP contribution in [0, 0.1) is 0 Å². The van der Waals surface area contributed by atoms with Crippen LogP contribution in [0.5, 0.6) is 5.75 Å². The molecule has 6 N–H and O–H groups in total. The lowest BCUT2D eigenvalue weighted by Gasteiger charge is -2.42. The molecular weight excluding hydrogens is 302 g/mol. The summed E-state index contributed by atoms with van der Waals surface area (Å²) in [5.74, 6) is 0.675. The molecule has 0 unspecified atom stereocenters. The Morgan fingerprint density at radius 1 is 1.12 bits per heavy atom. The van der Waals surface area contributed by atoms with Crippen molar-refractivity contribution in [2.24, 2.45) is 0 Å². The molecule has 0 spiro atoms. The average Bonchev–Trinajstić information content (AvgIpc) is 2.54. The van der Waals surface area contributed by atoms with E-state index in [9.17, 15) is 5.11 Å². The summed E-state index contributed by atoms with van der Waals surface area (Å²) < 4.78 is 5.94. The number of aliphatic hydroxyl groups excluding tert-OH is 1. The lowest BCUT2D eigenvalue weighted by atomic mass is 9.86. The van der Waals surface area contributed by atoms with Gasteiger partial charge in [0.25, 0.3) is 0 Å². The Labute approximate surface area is 142 Å². The number of rotatable bonds is 4. The normalized spacial score (nSPS) is 21.8. The molecule has 2 atom stereocenters. The first-order valence-electron chi connectivity index (χ1n) is 8.22. The molecule has 0 saturated carbocycles. The van der Waals surface area contributed by atoms with Crippen molar-refractivity contribution >= 4 is 11.4 Å². The highest BCUT2D eigenvalue weighted by molar-refractivity contribution is 5.68. The van der Waals surface area contributed by atoms with Crippen molar-refractivity contribution < 1.29 is 9.84 Å². The number of aliphatic hydroxyl groups is 1. The zero-order valence-corrected chi connectivity index (χ0v) is 14.1. The number of nitrogens with one attached hydrogen (secondary N) is 1. The predicted molar refractivity (Wildman–Crippen MR) is 96.9 cm³/mol. The van der Waals surface area contributed by atoms with E-state index in [1.54, 1.807) is 12.1 Å². The summed E-state index contributed by atoms with van der Waals surface area (Å²) in [6.45, 7) is 4.49. The lowest BCUT2D eigenvalue weighted by Crippen LogP contribution is -2.52. The fourth-order valence-corrected chi connectivity index (χ4v) is 3.11. The van der Waals surface area contributed by atoms with Crippen LogP contribution in [-0.4, -0.2) is 23.4 Å². The number of anilines is 2. The minimum atomic E-state index is -0.708. The molecule has 0 aliphatic carbocycles. The second-order valence-corrected chi connectivity index (χ2v) is 6.84. The maximum atomic E-state index is 10.7. The van der Waals surface area contributed by atoms with Crippen LogP contribution in [0.15, 0.2) is 42.5 Å². The molecule has 0 saturated heterocycles. The van der Waals surface area contributed by atoms with E-state index in [-0.39, 0.29) is 6.04 Å². The molecule has 0 aromatic heterocycles. The summed E-state index contributed by atoms with van der Waals surface area (Å²) in [6.07, 6.45) is 0.189. The van der Waals surface area contributed by atoms with Crippen LogP contribution in [0.25, 0.3) is 0 Å². The molecule has 1 heterocycles. The Bertz CT molecular complexity index is 716. The van der Waals surface area contributed by atoms with Crippen LogP contribution in [0.3, 0.4) is 0 Å². The fourth-order valence-electron chi connectivity index (χ4n) is 3.11. The van der Waals surface area contributed by atoms with Crippen LogP contribution in [0.2, 0.25) is 0 Å². The first kappa shape index (κ1) is 16.6. The molecule has 0 fully saturated rings. The standard InChI is InChI=1S/C19H25N3O2/c1-19(2)18(23)17(22-9-8-12-6-4-3-5-7-12)13-10-14(20)15(21)11-16(13)24-19/h3-7,10-11,17-18,22-23H,8-9,20-21H2,1-2H3/t17-,18+/m0/s1. The molecular formula is C19H25N3O2. The number of hydrogen-bond donors (Lipinski definition) is 4. The molecule has 5 heteroatoms. The van der Waals surface area contributed by atoms with Gasteiger partial charge in [0.1, 0.15) is 17.5 Å². The van der Waals surface area contributed by atoms with Crippen molar-refractivity contribution in [1.82, 2.24) is 5.32 Å². The van der Waals surface area contributed by atoms with Gasteiger partial charge in [-0.25, -0.2) is 0 Å². The van der Waals surface area contributed by atoms with Gasteiger partial charge in [0.05, 0.1) is 17.4 Å². The van der Waals surface area contributed by atoms with E-state index >= 15 is 0 Å². The lowest BCUT2D eigenvalue weighted by molar-refractivity contribution is -0.0643. The second kappa shape index (κ2) is 6.34. The van der Waals surface area contributed by atoms with Crippen molar-refractivity contribution in [3.05, 3.63) is 53.6 Å². The zero-order chi connectivity index (χ0) is 17.3. The molecule has 0 amide bonds. The van der Waals surface area contributed by atoms with Crippen molar-refractivity contribution in [3.8, 4) is 5.75 Å². The molecule has 0 bridgehead atoms. The van der Waals surface area contributed by atoms with Crippen molar-refractivity contribution in [3.63, 3.8) is 0 Å². The molecule has 1 aliphatic heterocycles. The van der Waals surface area contributed by atoms with Crippen molar-refractivity contribution in [1.29, 1.82) is 0 Å². The highest BCUT2D eigenvalue weighted by atomic mass is 16.5. The average molecular weight is 327 g/mol. The fraction of sp³-hybridized carbons (Fsp3) is 0.368. The molecule has 2 aromatic carbocycles. The zero-order valence-electron chi connectivity index (χ0n) is 14.1. The maximum Gasteiger partial charge on any atom is 0.131 e. The third-order valence-electron chi connectivity index (χ3n) is 4.57. The number of benzene rings is 2. The third-order valence-corrected chi connectivity index (χ3v) is 4.57. The monoisotopic (exact) mass is 327 g/mol. The predicted octanol–water partition coefficient (Wildman–Crippen LogP) is 2.26. The van der Waals surface area contributed by atoms with Gasteiger partial charge in [-0.05, 0) is 38.4 Å². The highest BCUT2D eigenvalue weighted by Crippen LogP contribution is 2.42. The summed E-state index contributed by atoms with van der Waals surface area (Å²) in [5, 5.41) is 14.2. The summed E-state index contributed by atoms with van der Waals surface area (Å²) in [4.78, 5) is 0. The molecule has 2 aromatic rings. The first-order chi connectivity index (χ1) is 11.4. The van der Waals surface area contributed by atoms with Gasteiger partial charge in [-0.3, -0.25) is 0 Å². The van der Waals surface area contributed by atoms with Gasteiger partial charge >= 0.3 is 0 Å². The van der Waals surface area contributed by atoms with Gasteiger partial charge in [0.15, 0.2) is 0 Å². The smallest absolute Gasteiger partial charge is 0.131 e. The minimum Gasteiger partial charge on any atom is -0.485 e. The highest BCUT2D eigenvalue weighted by Gasteiger charge is 2.42. The van der Waals surface area contributed by atoms with E-state index in [0.717, 1.165) is 18.5 Å². The SMILES string of the molecule is CC1(C)Oc2cc(N)c(N)cc2[C@H](NCCc2ccccc2)[C@H]1O. The van der Waals surface area contributed by atoms with E-state index in [2.05, 4.69) is 17.4 Å². The van der Waals surface area contributed by atoms with Gasteiger partial charge in [-0.15, -0.1) is 0 Å². The molecule has 128 valence electrons. The number of fused-ring (bicyclic) bond motifs is 1. The van der Waals surface area contributed by atoms with Crippen LogP contribution in [0.1, 0.15) is 31.0 Å². The summed E-state index contributed by atoms with van der Waals surface area (Å²) in [6, 6.07) is 13.5. The van der Waals surface area contributed by atoms with Crippen LogP contribution < -0.4 is 21.5 Å². The molecule has 5 nitrogen and oxygen atoms in total. The van der Waals surface area contributed by atoms with Crippen LogP contribution >= 0.6 is 0 Å². The van der Waals surface area contributed by atoms with Crippen LogP contribution in [0.4, 0.5) is 11.4 Å². The Kier molecular flexibility index (Phi) is 4.39. The van der Waals surface area contributed by atoms with E-state index in [0.29, 0.717) is 17.1 Å². The summed E-state index contributed by atoms with van der Waals surface area (Å²) in [7, 11) is 0. The Morgan fingerprint density at radius 2 is 1.79 bits per heavy atom. The van der Waals surface area contributed by atoms with Crippen molar-refractivity contribution in [2.45, 2.75) is 38.0 Å². The van der Waals surface area contributed by atoms with E-state index in [1.165, 1.54) is 5.56 Å². The molecule has 3 rings (SSSR count). The number of hydrogen-bond acceptors (Lipinski definition) is 5. The summed E-state index contributed by atoms with van der Waals surface area (Å²) >= 11 is 0. The van der Waals surface area contributed by atoms with E-state index in [1.807, 2.05) is 32.0 Å². The Balaban J connectivity index is 1.82. The van der Waals surface area contributed by atoms with E-state index in [4.69, 9.17) is 16.2 Å². The van der Waals surface area contributed by atoms with Crippen LogP contribution in [-0.2, 0) is 6.42 Å². The van der Waals surface area contributed by atoms with Gasteiger partial charge in [0.2, 0.25) is 0 Å². The third kappa shape index (κ3) is 3.18. The molecule has 1 aliphatic rings. The maximum absolute atomic E-state index is 10.7. The van der Waals surface area contributed by atoms with E-state index < -0.39 is 11.7 Å². The Hall–Kier alpha value is -2.24. The van der Waals surface area contributed by atoms with Gasteiger partial charge < -0.3 is 26.6 Å². The summed E-state index contributed by atoms with van der Waals surface area (Å²) in [5.41, 5.74) is 14.2. The minimum absolute atomic E-state index is 0.254. The van der Waals surface area contributed by atoms with Gasteiger partial charge in [-0.2, -0.15) is 0 Å². The Morgan fingerprint density at radius 3 is 2.50 bits per heavy atom. The van der Waals surface area contributed by atoms with Crippen molar-refractivity contribution in [2.75, 3.05) is 18.0 Å². The van der Waals surface area contributed by atoms with Gasteiger partial charge in [-0.1, -0.05) is 30.3 Å².